The molecular formula is C18H20N2O3. The Morgan fingerprint density at radius 2 is 1.74 bits per heavy atom. The predicted molar refractivity (Wildman–Crippen MR) is 89.4 cm³/mol. The van der Waals surface area contributed by atoms with E-state index in [1.54, 1.807) is 31.2 Å². The summed E-state index contributed by atoms with van der Waals surface area (Å²) in [6.45, 7) is 4.44. The lowest BCUT2D eigenvalue weighted by Crippen LogP contribution is -2.29. The fourth-order valence-electron chi connectivity index (χ4n) is 2.03. The molecule has 0 saturated carbocycles. The standard InChI is InChI=1S/C18H20N2O3/c1-3-23-17(21)15-6-4-5-7-16(15)20-18(22)19-12-14-10-8-13(2)9-11-14/h4-11H,3,12H2,1-2H3,(H2,19,20,22). The summed E-state index contributed by atoms with van der Waals surface area (Å²) < 4.78 is 4.98. The lowest BCUT2D eigenvalue weighted by molar-refractivity contribution is 0.0527. The van der Waals surface area contributed by atoms with Crippen LogP contribution >= 0.6 is 0 Å². The van der Waals surface area contributed by atoms with Crippen molar-refractivity contribution >= 4 is 17.7 Å². The topological polar surface area (TPSA) is 67.4 Å². The second kappa shape index (κ2) is 7.98. The largest absolute Gasteiger partial charge is 0.462 e. The van der Waals surface area contributed by atoms with Crippen molar-refractivity contribution in [1.82, 2.24) is 5.32 Å². The van der Waals surface area contributed by atoms with E-state index in [2.05, 4.69) is 10.6 Å². The average Bonchev–Trinajstić information content (AvgIpc) is 2.55. The highest BCUT2D eigenvalue weighted by Crippen LogP contribution is 2.16. The van der Waals surface area contributed by atoms with Crippen LogP contribution in [0, 0.1) is 6.92 Å². The predicted octanol–water partition coefficient (Wildman–Crippen LogP) is 3.49. The van der Waals surface area contributed by atoms with Gasteiger partial charge in [-0.15, -0.1) is 0 Å². The van der Waals surface area contributed by atoms with Crippen LogP contribution in [0.15, 0.2) is 48.5 Å². The summed E-state index contributed by atoms with van der Waals surface area (Å²) in [7, 11) is 0. The third-order valence-corrected chi connectivity index (χ3v) is 3.24. The first-order valence-corrected chi connectivity index (χ1v) is 7.46. The van der Waals surface area contributed by atoms with E-state index in [0.29, 0.717) is 17.8 Å². The monoisotopic (exact) mass is 312 g/mol. The highest BCUT2D eigenvalue weighted by molar-refractivity contribution is 6.00. The van der Waals surface area contributed by atoms with Gasteiger partial charge >= 0.3 is 12.0 Å². The van der Waals surface area contributed by atoms with Crippen LogP contribution in [0.1, 0.15) is 28.4 Å². The molecule has 0 aliphatic rings. The van der Waals surface area contributed by atoms with E-state index in [1.807, 2.05) is 31.2 Å². The highest BCUT2D eigenvalue weighted by atomic mass is 16.5. The number of urea groups is 1. The molecule has 2 N–H and O–H groups in total. The fourth-order valence-corrected chi connectivity index (χ4v) is 2.03. The van der Waals surface area contributed by atoms with Crippen LogP contribution in [-0.4, -0.2) is 18.6 Å². The minimum atomic E-state index is -0.457. The fraction of sp³-hybridized carbons (Fsp3) is 0.222. The maximum Gasteiger partial charge on any atom is 0.340 e. The number of amides is 2. The van der Waals surface area contributed by atoms with Crippen molar-refractivity contribution in [2.75, 3.05) is 11.9 Å². The summed E-state index contributed by atoms with van der Waals surface area (Å²) in [6, 6.07) is 14.3. The van der Waals surface area contributed by atoms with Crippen LogP contribution in [0.4, 0.5) is 10.5 Å². The van der Waals surface area contributed by atoms with Gasteiger partial charge in [-0.3, -0.25) is 0 Å². The van der Waals surface area contributed by atoms with Crippen LogP contribution < -0.4 is 10.6 Å². The lowest BCUT2D eigenvalue weighted by Gasteiger charge is -2.11. The van der Waals surface area contributed by atoms with Gasteiger partial charge in [0.05, 0.1) is 17.9 Å². The Labute approximate surface area is 135 Å². The summed E-state index contributed by atoms with van der Waals surface area (Å²) in [5, 5.41) is 5.44. The van der Waals surface area contributed by atoms with Gasteiger partial charge in [0.15, 0.2) is 0 Å². The minimum absolute atomic E-state index is 0.285. The van der Waals surface area contributed by atoms with Crippen LogP contribution in [0.3, 0.4) is 0 Å². The molecule has 0 radical (unpaired) electrons. The van der Waals surface area contributed by atoms with E-state index in [9.17, 15) is 9.59 Å². The molecule has 0 bridgehead atoms. The first kappa shape index (κ1) is 16.5. The summed E-state index contributed by atoms with van der Waals surface area (Å²) in [5.41, 5.74) is 2.93. The van der Waals surface area contributed by atoms with Crippen molar-refractivity contribution in [1.29, 1.82) is 0 Å². The number of esters is 1. The zero-order valence-corrected chi connectivity index (χ0v) is 13.3. The number of hydrogen-bond acceptors (Lipinski definition) is 3. The van der Waals surface area contributed by atoms with Crippen LogP contribution in [0.5, 0.6) is 0 Å². The highest BCUT2D eigenvalue weighted by Gasteiger charge is 2.13. The number of ether oxygens (including phenoxy) is 1. The smallest absolute Gasteiger partial charge is 0.340 e. The molecule has 0 unspecified atom stereocenters. The molecule has 2 aromatic carbocycles. The molecular weight excluding hydrogens is 292 g/mol. The Hall–Kier alpha value is -2.82. The Kier molecular flexibility index (Phi) is 5.74. The lowest BCUT2D eigenvalue weighted by atomic mass is 10.1. The second-order valence-electron chi connectivity index (χ2n) is 5.06. The molecule has 23 heavy (non-hydrogen) atoms. The van der Waals surface area contributed by atoms with Crippen molar-refractivity contribution in [2.45, 2.75) is 20.4 Å². The molecule has 0 spiro atoms. The number of aryl methyl sites for hydroxylation is 1. The van der Waals surface area contributed by atoms with Gasteiger partial charge in [0.25, 0.3) is 0 Å². The van der Waals surface area contributed by atoms with Crippen LogP contribution in [-0.2, 0) is 11.3 Å². The molecule has 5 nitrogen and oxygen atoms in total. The van der Waals surface area contributed by atoms with Gasteiger partial charge in [-0.1, -0.05) is 42.0 Å². The third kappa shape index (κ3) is 4.85. The molecule has 0 heterocycles. The number of hydrogen-bond donors (Lipinski definition) is 2. The van der Waals surface area contributed by atoms with Crippen LogP contribution in [0.2, 0.25) is 0 Å². The number of carbonyl (C=O) groups is 2. The van der Waals surface area contributed by atoms with Gasteiger partial charge < -0.3 is 15.4 Å². The molecule has 2 amide bonds. The first-order chi connectivity index (χ1) is 11.1. The Bertz CT molecular complexity index is 681. The van der Waals surface area contributed by atoms with Crippen molar-refractivity contribution in [3.05, 3.63) is 65.2 Å². The van der Waals surface area contributed by atoms with E-state index < -0.39 is 5.97 Å². The molecule has 0 aromatic heterocycles. The van der Waals surface area contributed by atoms with Gasteiger partial charge in [-0.2, -0.15) is 0 Å². The molecule has 120 valence electrons. The Morgan fingerprint density at radius 3 is 2.43 bits per heavy atom. The molecule has 0 fully saturated rings. The maximum absolute atomic E-state index is 12.0. The van der Waals surface area contributed by atoms with Crippen LogP contribution in [0.25, 0.3) is 0 Å². The molecule has 2 aromatic rings. The quantitative estimate of drug-likeness (QED) is 0.830. The third-order valence-electron chi connectivity index (χ3n) is 3.24. The summed E-state index contributed by atoms with van der Waals surface area (Å²) >= 11 is 0. The van der Waals surface area contributed by atoms with Crippen molar-refractivity contribution in [2.24, 2.45) is 0 Å². The maximum atomic E-state index is 12.0. The van der Waals surface area contributed by atoms with E-state index in [0.717, 1.165) is 5.56 Å². The van der Waals surface area contributed by atoms with Gasteiger partial charge in [-0.25, -0.2) is 9.59 Å². The molecule has 0 aliphatic carbocycles. The first-order valence-electron chi connectivity index (χ1n) is 7.46. The van der Waals surface area contributed by atoms with Gasteiger partial charge in [0, 0.05) is 6.54 Å². The summed E-state index contributed by atoms with van der Waals surface area (Å²) in [5.74, 6) is -0.457. The molecule has 0 atom stereocenters. The molecule has 5 heteroatoms. The summed E-state index contributed by atoms with van der Waals surface area (Å²) in [4.78, 5) is 23.9. The SMILES string of the molecule is CCOC(=O)c1ccccc1NC(=O)NCc1ccc(C)cc1. The molecule has 2 rings (SSSR count). The number of anilines is 1. The van der Waals surface area contributed by atoms with Gasteiger partial charge in [0.2, 0.25) is 0 Å². The van der Waals surface area contributed by atoms with Crippen molar-refractivity contribution in [3.8, 4) is 0 Å². The number of benzene rings is 2. The summed E-state index contributed by atoms with van der Waals surface area (Å²) in [6.07, 6.45) is 0. The minimum Gasteiger partial charge on any atom is -0.462 e. The van der Waals surface area contributed by atoms with Gasteiger partial charge in [-0.05, 0) is 31.5 Å². The van der Waals surface area contributed by atoms with E-state index >= 15 is 0 Å². The zero-order valence-electron chi connectivity index (χ0n) is 13.3. The average molecular weight is 312 g/mol. The van der Waals surface area contributed by atoms with Gasteiger partial charge in [0.1, 0.15) is 0 Å². The number of para-hydroxylation sites is 1. The zero-order chi connectivity index (χ0) is 16.7. The van der Waals surface area contributed by atoms with E-state index in [4.69, 9.17) is 4.74 Å². The Morgan fingerprint density at radius 1 is 1.04 bits per heavy atom. The van der Waals surface area contributed by atoms with E-state index in [1.165, 1.54) is 5.56 Å². The van der Waals surface area contributed by atoms with E-state index in [-0.39, 0.29) is 12.6 Å². The Balaban J connectivity index is 1.97. The normalized spacial score (nSPS) is 10.0. The number of nitrogens with one attached hydrogen (secondary N) is 2. The number of carbonyl (C=O) groups excluding carboxylic acids is 2. The second-order valence-corrected chi connectivity index (χ2v) is 5.06. The number of rotatable bonds is 5. The van der Waals surface area contributed by atoms with Crippen molar-refractivity contribution in [3.63, 3.8) is 0 Å². The van der Waals surface area contributed by atoms with Crippen molar-refractivity contribution < 1.29 is 14.3 Å². The molecule has 0 aliphatic heterocycles. The molecule has 0 saturated heterocycles.